The van der Waals surface area contributed by atoms with E-state index in [1.807, 2.05) is 13.8 Å². The number of aromatic nitrogens is 1. The maximum Gasteiger partial charge on any atom is 0.251 e. The lowest BCUT2D eigenvalue weighted by atomic mass is 10.3. The third-order valence-electron chi connectivity index (χ3n) is 2.38. The molecule has 0 aliphatic carbocycles. The van der Waals surface area contributed by atoms with Crippen molar-refractivity contribution in [2.24, 2.45) is 0 Å². The summed E-state index contributed by atoms with van der Waals surface area (Å²) in [5.41, 5.74) is 0.485. The van der Waals surface area contributed by atoms with Crippen LogP contribution in [0.3, 0.4) is 0 Å². The minimum atomic E-state index is -1.35. The van der Waals surface area contributed by atoms with Crippen LogP contribution in [0, 0.1) is 17.6 Å². The maximum atomic E-state index is 13.4. The molecule has 6 heteroatoms. The quantitative estimate of drug-likeness (QED) is 0.860. The molecule has 0 fully saturated rings. The first-order chi connectivity index (χ1) is 9.45. The average Bonchev–Trinajstić information content (AvgIpc) is 2.37. The number of hydrogen-bond acceptors (Lipinski definition) is 3. The molecule has 0 saturated heterocycles. The number of pyridine rings is 1. The van der Waals surface area contributed by atoms with Crippen LogP contribution in [-0.4, -0.2) is 11.1 Å². The SMILES string of the molecule is CC(C)Oc1ccc(Nc2nc(F)c(F)cc2F)cc1. The monoisotopic (exact) mass is 282 g/mol. The number of anilines is 2. The number of rotatable bonds is 4. The van der Waals surface area contributed by atoms with Gasteiger partial charge in [-0.3, -0.25) is 0 Å². The Bertz CT molecular complexity index is 600. The van der Waals surface area contributed by atoms with E-state index in [-0.39, 0.29) is 11.9 Å². The van der Waals surface area contributed by atoms with Crippen molar-refractivity contribution in [2.45, 2.75) is 20.0 Å². The lowest BCUT2D eigenvalue weighted by Crippen LogP contribution is -2.05. The van der Waals surface area contributed by atoms with Crippen molar-refractivity contribution in [3.05, 3.63) is 47.9 Å². The van der Waals surface area contributed by atoms with Crippen molar-refractivity contribution in [2.75, 3.05) is 5.32 Å². The van der Waals surface area contributed by atoms with Crippen LogP contribution in [0.25, 0.3) is 0 Å². The van der Waals surface area contributed by atoms with E-state index in [9.17, 15) is 13.2 Å². The predicted octanol–water partition coefficient (Wildman–Crippen LogP) is 4.03. The zero-order valence-corrected chi connectivity index (χ0v) is 11.0. The number of halogens is 3. The summed E-state index contributed by atoms with van der Waals surface area (Å²) in [6.07, 6.45) is 0.0408. The molecule has 20 heavy (non-hydrogen) atoms. The van der Waals surface area contributed by atoms with Gasteiger partial charge in [-0.1, -0.05) is 0 Å². The molecule has 1 heterocycles. The van der Waals surface area contributed by atoms with E-state index < -0.39 is 17.6 Å². The molecule has 0 bridgehead atoms. The van der Waals surface area contributed by atoms with Crippen molar-refractivity contribution in [3.63, 3.8) is 0 Å². The minimum Gasteiger partial charge on any atom is -0.491 e. The van der Waals surface area contributed by atoms with Gasteiger partial charge in [-0.25, -0.2) is 8.78 Å². The summed E-state index contributed by atoms with van der Waals surface area (Å²) in [5, 5.41) is 2.57. The molecule has 0 aliphatic rings. The van der Waals surface area contributed by atoms with Crippen molar-refractivity contribution >= 4 is 11.5 Å². The van der Waals surface area contributed by atoms with Gasteiger partial charge in [0.1, 0.15) is 5.75 Å². The molecule has 0 saturated carbocycles. The molecule has 0 unspecified atom stereocenters. The van der Waals surface area contributed by atoms with Crippen molar-refractivity contribution in [1.29, 1.82) is 0 Å². The standard InChI is InChI=1S/C14H13F3N2O/c1-8(2)20-10-5-3-9(4-6-10)18-14-12(16)7-11(15)13(17)19-14/h3-8H,1-2H3,(H,18,19). The molecule has 1 N–H and O–H groups in total. The summed E-state index contributed by atoms with van der Waals surface area (Å²) in [6.45, 7) is 3.79. The highest BCUT2D eigenvalue weighted by Crippen LogP contribution is 2.22. The molecule has 1 aromatic carbocycles. The molecule has 106 valence electrons. The molecule has 0 radical (unpaired) electrons. The Hall–Kier alpha value is -2.24. The van der Waals surface area contributed by atoms with Gasteiger partial charge in [0.25, 0.3) is 5.95 Å². The Morgan fingerprint density at radius 3 is 2.30 bits per heavy atom. The van der Waals surface area contributed by atoms with Gasteiger partial charge in [-0.15, -0.1) is 0 Å². The molecule has 2 aromatic rings. The molecule has 0 amide bonds. The van der Waals surface area contributed by atoms with Crippen molar-refractivity contribution in [3.8, 4) is 5.75 Å². The van der Waals surface area contributed by atoms with E-state index in [0.29, 0.717) is 17.5 Å². The molecule has 0 aliphatic heterocycles. The number of benzene rings is 1. The summed E-state index contributed by atoms with van der Waals surface area (Å²) in [4.78, 5) is 3.18. The second kappa shape index (κ2) is 5.81. The Labute approximate surface area is 114 Å². The van der Waals surface area contributed by atoms with Crippen LogP contribution in [0.2, 0.25) is 0 Å². The zero-order valence-electron chi connectivity index (χ0n) is 11.0. The van der Waals surface area contributed by atoms with Crippen LogP contribution in [0.1, 0.15) is 13.8 Å². The fourth-order valence-electron chi connectivity index (χ4n) is 1.56. The summed E-state index contributed by atoms with van der Waals surface area (Å²) in [6, 6.07) is 7.06. The Morgan fingerprint density at radius 2 is 1.70 bits per heavy atom. The van der Waals surface area contributed by atoms with Crippen LogP contribution >= 0.6 is 0 Å². The summed E-state index contributed by atoms with van der Waals surface area (Å²) in [7, 11) is 0. The highest BCUT2D eigenvalue weighted by Gasteiger charge is 2.11. The lowest BCUT2D eigenvalue weighted by molar-refractivity contribution is 0.242. The number of hydrogen-bond donors (Lipinski definition) is 1. The van der Waals surface area contributed by atoms with Gasteiger partial charge in [-0.05, 0) is 38.1 Å². The fraction of sp³-hybridized carbons (Fsp3) is 0.214. The second-order valence-corrected chi connectivity index (χ2v) is 4.41. The van der Waals surface area contributed by atoms with E-state index in [2.05, 4.69) is 10.3 Å². The summed E-state index contributed by atoms with van der Waals surface area (Å²) < 4.78 is 44.6. The molecule has 1 aromatic heterocycles. The van der Waals surface area contributed by atoms with Gasteiger partial charge in [0.05, 0.1) is 6.10 Å². The van der Waals surface area contributed by atoms with Crippen molar-refractivity contribution in [1.82, 2.24) is 4.98 Å². The van der Waals surface area contributed by atoms with Gasteiger partial charge >= 0.3 is 0 Å². The lowest BCUT2D eigenvalue weighted by Gasteiger charge is -2.11. The third-order valence-corrected chi connectivity index (χ3v) is 2.38. The minimum absolute atomic E-state index is 0.0408. The third kappa shape index (κ3) is 3.40. The van der Waals surface area contributed by atoms with Crippen LogP contribution in [0.5, 0.6) is 5.75 Å². The van der Waals surface area contributed by atoms with Gasteiger partial charge in [-0.2, -0.15) is 9.37 Å². The Kier molecular flexibility index (Phi) is 4.12. The normalized spacial score (nSPS) is 10.7. The molecular weight excluding hydrogens is 269 g/mol. The Morgan fingerprint density at radius 1 is 1.05 bits per heavy atom. The highest BCUT2D eigenvalue weighted by atomic mass is 19.2. The smallest absolute Gasteiger partial charge is 0.251 e. The maximum absolute atomic E-state index is 13.4. The van der Waals surface area contributed by atoms with Gasteiger partial charge in [0.2, 0.25) is 0 Å². The number of nitrogens with one attached hydrogen (secondary N) is 1. The van der Waals surface area contributed by atoms with Crippen molar-refractivity contribution < 1.29 is 17.9 Å². The van der Waals surface area contributed by atoms with Crippen LogP contribution in [0.4, 0.5) is 24.7 Å². The van der Waals surface area contributed by atoms with Crippen LogP contribution in [-0.2, 0) is 0 Å². The fourth-order valence-corrected chi connectivity index (χ4v) is 1.56. The molecule has 0 spiro atoms. The van der Waals surface area contributed by atoms with E-state index >= 15 is 0 Å². The molecule has 2 rings (SSSR count). The van der Waals surface area contributed by atoms with E-state index in [1.54, 1.807) is 24.3 Å². The first kappa shape index (κ1) is 14.2. The number of nitrogens with zero attached hydrogens (tertiary/aromatic N) is 1. The summed E-state index contributed by atoms with van der Waals surface area (Å²) in [5.74, 6) is -3.36. The Balaban J connectivity index is 2.16. The van der Waals surface area contributed by atoms with Crippen LogP contribution < -0.4 is 10.1 Å². The number of ether oxygens (including phenoxy) is 1. The van der Waals surface area contributed by atoms with E-state index in [1.165, 1.54) is 0 Å². The average molecular weight is 282 g/mol. The zero-order chi connectivity index (χ0) is 14.7. The molecule has 0 atom stereocenters. The van der Waals surface area contributed by atoms with Gasteiger partial charge in [0.15, 0.2) is 17.5 Å². The predicted molar refractivity (Wildman–Crippen MR) is 69.6 cm³/mol. The summed E-state index contributed by atoms with van der Waals surface area (Å²) >= 11 is 0. The van der Waals surface area contributed by atoms with E-state index in [0.717, 1.165) is 0 Å². The topological polar surface area (TPSA) is 34.1 Å². The second-order valence-electron chi connectivity index (χ2n) is 4.41. The highest BCUT2D eigenvalue weighted by molar-refractivity contribution is 5.57. The molecule has 3 nitrogen and oxygen atoms in total. The largest absolute Gasteiger partial charge is 0.491 e. The van der Waals surface area contributed by atoms with Gasteiger partial charge < -0.3 is 10.1 Å². The first-order valence-corrected chi connectivity index (χ1v) is 6.01. The molecular formula is C14H13F3N2O. The van der Waals surface area contributed by atoms with Crippen LogP contribution in [0.15, 0.2) is 30.3 Å². The van der Waals surface area contributed by atoms with E-state index in [4.69, 9.17) is 4.74 Å². The first-order valence-electron chi connectivity index (χ1n) is 6.01. The van der Waals surface area contributed by atoms with Gasteiger partial charge in [0, 0.05) is 11.8 Å².